The topological polar surface area (TPSA) is 21.7 Å². The number of nitrogens with zero attached hydrogens (tertiary/aromatic N) is 1. The first-order valence-corrected chi connectivity index (χ1v) is 9.16. The second kappa shape index (κ2) is 7.72. The predicted octanol–water partition coefficient (Wildman–Crippen LogP) is 4.29. The van der Waals surface area contributed by atoms with Crippen molar-refractivity contribution >= 4 is 0 Å². The summed E-state index contributed by atoms with van der Waals surface area (Å²) < 4.78 is 38.1. The lowest BCUT2D eigenvalue weighted by Gasteiger charge is -2.33. The van der Waals surface area contributed by atoms with E-state index in [1.807, 2.05) is 6.07 Å². The van der Waals surface area contributed by atoms with Gasteiger partial charge in [-0.05, 0) is 68.1 Å². The van der Waals surface area contributed by atoms with Crippen molar-refractivity contribution in [3.8, 4) is 5.75 Å². The summed E-state index contributed by atoms with van der Waals surface area (Å²) in [6.45, 7) is 3.23. The van der Waals surface area contributed by atoms with Crippen LogP contribution in [-0.2, 0) is 24.3 Å². The molecule has 0 N–H and O–H groups in total. The molecule has 0 amide bonds. The maximum absolute atomic E-state index is 13.9. The van der Waals surface area contributed by atoms with E-state index in [-0.39, 0.29) is 18.4 Å². The van der Waals surface area contributed by atoms with E-state index in [4.69, 9.17) is 9.47 Å². The Hall–Kier alpha value is -1.98. The number of halogens is 2. The van der Waals surface area contributed by atoms with Crippen molar-refractivity contribution in [2.45, 2.75) is 32.4 Å². The standard InChI is InChI=1S/C21H23F2NO2/c22-19-3-1-2-16(9-19)8-15-4-6-24(7-5-15)12-17-10-20(23)11-18-13-25-14-26-21(17)18/h1-3,9-11,15H,4-8,12-14H2. The van der Waals surface area contributed by atoms with Gasteiger partial charge >= 0.3 is 0 Å². The molecule has 1 fully saturated rings. The molecule has 1 saturated heterocycles. The van der Waals surface area contributed by atoms with Gasteiger partial charge < -0.3 is 9.47 Å². The van der Waals surface area contributed by atoms with E-state index in [1.54, 1.807) is 18.2 Å². The molecule has 0 saturated carbocycles. The highest BCUT2D eigenvalue weighted by Crippen LogP contribution is 2.31. The molecular weight excluding hydrogens is 336 g/mol. The molecule has 4 rings (SSSR count). The van der Waals surface area contributed by atoms with Gasteiger partial charge in [0, 0.05) is 17.7 Å². The number of hydrogen-bond donors (Lipinski definition) is 0. The van der Waals surface area contributed by atoms with Crippen LogP contribution >= 0.6 is 0 Å². The van der Waals surface area contributed by atoms with E-state index >= 15 is 0 Å². The van der Waals surface area contributed by atoms with Gasteiger partial charge in [-0.3, -0.25) is 4.90 Å². The fraction of sp³-hybridized carbons (Fsp3) is 0.429. The van der Waals surface area contributed by atoms with Gasteiger partial charge in [-0.1, -0.05) is 12.1 Å². The monoisotopic (exact) mass is 359 g/mol. The van der Waals surface area contributed by atoms with E-state index in [0.717, 1.165) is 54.8 Å². The van der Waals surface area contributed by atoms with Crippen molar-refractivity contribution in [1.29, 1.82) is 0 Å². The maximum atomic E-state index is 13.9. The molecule has 0 aliphatic carbocycles. The Bertz CT molecular complexity index is 773. The largest absolute Gasteiger partial charge is 0.467 e. The summed E-state index contributed by atoms with van der Waals surface area (Å²) in [7, 11) is 0. The van der Waals surface area contributed by atoms with E-state index in [0.29, 0.717) is 19.1 Å². The number of rotatable bonds is 4. The van der Waals surface area contributed by atoms with Gasteiger partial charge in [0.2, 0.25) is 0 Å². The van der Waals surface area contributed by atoms with Gasteiger partial charge in [0.25, 0.3) is 0 Å². The summed E-state index contributed by atoms with van der Waals surface area (Å²) in [5.41, 5.74) is 2.75. The molecule has 2 aromatic carbocycles. The van der Waals surface area contributed by atoms with Gasteiger partial charge in [0.1, 0.15) is 17.4 Å². The second-order valence-corrected chi connectivity index (χ2v) is 7.22. The third kappa shape index (κ3) is 4.05. The van der Waals surface area contributed by atoms with Crippen molar-refractivity contribution in [3.05, 3.63) is 64.7 Å². The predicted molar refractivity (Wildman–Crippen MR) is 94.8 cm³/mol. The molecule has 2 aliphatic rings. The van der Waals surface area contributed by atoms with Crippen LogP contribution in [0.3, 0.4) is 0 Å². The average Bonchev–Trinajstić information content (AvgIpc) is 2.63. The minimum atomic E-state index is -0.242. The minimum absolute atomic E-state index is 0.167. The van der Waals surface area contributed by atoms with E-state index in [1.165, 1.54) is 12.1 Å². The second-order valence-electron chi connectivity index (χ2n) is 7.22. The van der Waals surface area contributed by atoms with Crippen LogP contribution in [0.1, 0.15) is 29.5 Å². The van der Waals surface area contributed by atoms with Crippen LogP contribution in [0, 0.1) is 17.6 Å². The highest BCUT2D eigenvalue weighted by atomic mass is 19.1. The lowest BCUT2D eigenvalue weighted by Crippen LogP contribution is -2.34. The molecule has 0 unspecified atom stereocenters. The van der Waals surface area contributed by atoms with Crippen molar-refractivity contribution < 1.29 is 18.3 Å². The third-order valence-corrected chi connectivity index (χ3v) is 5.27. The molecule has 2 heterocycles. The lowest BCUT2D eigenvalue weighted by atomic mass is 9.90. The Kier molecular flexibility index (Phi) is 5.18. The molecule has 5 heteroatoms. The fourth-order valence-electron chi connectivity index (χ4n) is 3.96. The molecule has 0 atom stereocenters. The Morgan fingerprint density at radius 1 is 1.04 bits per heavy atom. The van der Waals surface area contributed by atoms with Crippen LogP contribution < -0.4 is 4.74 Å². The van der Waals surface area contributed by atoms with E-state index in [9.17, 15) is 8.78 Å². The summed E-state index contributed by atoms with van der Waals surface area (Å²) >= 11 is 0. The fourth-order valence-corrected chi connectivity index (χ4v) is 3.96. The smallest absolute Gasteiger partial charge is 0.189 e. The summed E-state index contributed by atoms with van der Waals surface area (Å²) in [4.78, 5) is 2.34. The van der Waals surface area contributed by atoms with Gasteiger partial charge in [-0.25, -0.2) is 8.78 Å². The summed E-state index contributed by atoms with van der Waals surface area (Å²) in [6.07, 6.45) is 3.05. The number of piperidine rings is 1. The van der Waals surface area contributed by atoms with Gasteiger partial charge in [0.15, 0.2) is 6.79 Å². The first-order valence-electron chi connectivity index (χ1n) is 9.16. The molecular formula is C21H23F2NO2. The molecule has 2 aliphatic heterocycles. The highest BCUT2D eigenvalue weighted by Gasteiger charge is 2.23. The molecule has 26 heavy (non-hydrogen) atoms. The highest BCUT2D eigenvalue weighted by molar-refractivity contribution is 5.42. The summed E-state index contributed by atoms with van der Waals surface area (Å²) in [5.74, 6) is 0.937. The van der Waals surface area contributed by atoms with Gasteiger partial charge in [0.05, 0.1) is 6.61 Å². The zero-order chi connectivity index (χ0) is 17.9. The maximum Gasteiger partial charge on any atom is 0.189 e. The number of fused-ring (bicyclic) bond motifs is 1. The molecule has 3 nitrogen and oxygen atoms in total. The molecule has 0 aromatic heterocycles. The van der Waals surface area contributed by atoms with Crippen molar-refractivity contribution in [1.82, 2.24) is 4.90 Å². The number of benzene rings is 2. The molecule has 0 radical (unpaired) electrons. The average molecular weight is 359 g/mol. The summed E-state index contributed by atoms with van der Waals surface area (Å²) in [5, 5.41) is 0. The lowest BCUT2D eigenvalue weighted by molar-refractivity contribution is -0.0178. The van der Waals surface area contributed by atoms with Crippen LogP contribution in [0.4, 0.5) is 8.78 Å². The Balaban J connectivity index is 1.36. The Morgan fingerprint density at radius 3 is 2.69 bits per heavy atom. The first kappa shape index (κ1) is 17.4. The Morgan fingerprint density at radius 2 is 1.88 bits per heavy atom. The van der Waals surface area contributed by atoms with Crippen molar-refractivity contribution in [2.24, 2.45) is 5.92 Å². The summed E-state index contributed by atoms with van der Waals surface area (Å²) in [6, 6.07) is 9.94. The minimum Gasteiger partial charge on any atom is -0.467 e. The SMILES string of the molecule is Fc1cccc(CC2CCN(Cc3cc(F)cc4c3OCOC4)CC2)c1. The third-order valence-electron chi connectivity index (χ3n) is 5.27. The van der Waals surface area contributed by atoms with Crippen LogP contribution in [0.15, 0.2) is 36.4 Å². The number of hydrogen-bond acceptors (Lipinski definition) is 3. The normalized spacial score (nSPS) is 18.4. The number of likely N-dealkylation sites (tertiary alicyclic amines) is 1. The van der Waals surface area contributed by atoms with Gasteiger partial charge in [-0.15, -0.1) is 0 Å². The van der Waals surface area contributed by atoms with Crippen molar-refractivity contribution in [3.63, 3.8) is 0 Å². The number of ether oxygens (including phenoxy) is 2. The zero-order valence-electron chi connectivity index (χ0n) is 14.7. The van der Waals surface area contributed by atoms with Crippen LogP contribution in [0.25, 0.3) is 0 Å². The molecule has 0 bridgehead atoms. The van der Waals surface area contributed by atoms with Gasteiger partial charge in [-0.2, -0.15) is 0 Å². The van der Waals surface area contributed by atoms with Crippen molar-refractivity contribution in [2.75, 3.05) is 19.9 Å². The zero-order valence-corrected chi connectivity index (χ0v) is 14.7. The van der Waals surface area contributed by atoms with E-state index in [2.05, 4.69) is 4.90 Å². The molecule has 0 spiro atoms. The molecule has 2 aromatic rings. The first-order chi connectivity index (χ1) is 12.7. The Labute approximate surface area is 152 Å². The van der Waals surface area contributed by atoms with Crippen LogP contribution in [-0.4, -0.2) is 24.8 Å². The van der Waals surface area contributed by atoms with Crippen LogP contribution in [0.5, 0.6) is 5.75 Å². The van der Waals surface area contributed by atoms with E-state index < -0.39 is 0 Å². The molecule has 138 valence electrons. The quantitative estimate of drug-likeness (QED) is 0.813. The van der Waals surface area contributed by atoms with Crippen LogP contribution in [0.2, 0.25) is 0 Å².